The van der Waals surface area contributed by atoms with Crippen molar-refractivity contribution in [3.8, 4) is 5.75 Å². The molecule has 0 spiro atoms. The number of carbonyl (C=O) groups is 1. The molecule has 3 N–H and O–H groups in total. The second-order valence-corrected chi connectivity index (χ2v) is 7.55. The van der Waals surface area contributed by atoms with Crippen LogP contribution in [0.1, 0.15) is 22.0 Å². The van der Waals surface area contributed by atoms with Crippen molar-refractivity contribution in [2.75, 3.05) is 17.5 Å². The number of hydrogen-bond acceptors (Lipinski definition) is 5. The van der Waals surface area contributed by atoms with Crippen LogP contribution < -0.4 is 14.8 Å². The van der Waals surface area contributed by atoms with Crippen molar-refractivity contribution in [1.82, 2.24) is 5.32 Å². The van der Waals surface area contributed by atoms with E-state index in [1.807, 2.05) is 0 Å². The summed E-state index contributed by atoms with van der Waals surface area (Å²) >= 11 is 0. The highest BCUT2D eigenvalue weighted by atomic mass is 32.2. The summed E-state index contributed by atoms with van der Waals surface area (Å²) in [4.78, 5) is 12.2. The number of ether oxygens (including phenoxy) is 1. The normalized spacial score (nSPS) is 12.9. The first-order valence-corrected chi connectivity index (χ1v) is 9.72. The molecule has 2 rings (SSSR count). The van der Waals surface area contributed by atoms with Crippen molar-refractivity contribution < 1.29 is 36.2 Å². The largest absolute Gasteiger partial charge is 0.573 e. The van der Waals surface area contributed by atoms with E-state index in [1.54, 1.807) is 0 Å². The van der Waals surface area contributed by atoms with Gasteiger partial charge in [-0.3, -0.25) is 9.52 Å². The van der Waals surface area contributed by atoms with E-state index in [-0.39, 0.29) is 23.4 Å². The first kappa shape index (κ1) is 21.5. The fourth-order valence-electron chi connectivity index (χ4n) is 2.24. The minimum Gasteiger partial charge on any atom is -0.406 e. The molecular formula is C17H17F3N2O5S. The lowest BCUT2D eigenvalue weighted by Gasteiger charge is -2.14. The van der Waals surface area contributed by atoms with Gasteiger partial charge in [0.25, 0.3) is 5.91 Å². The van der Waals surface area contributed by atoms with Crippen LogP contribution in [0.2, 0.25) is 0 Å². The molecule has 0 aromatic heterocycles. The molecule has 11 heteroatoms. The van der Waals surface area contributed by atoms with Crippen molar-refractivity contribution >= 4 is 21.6 Å². The molecule has 0 saturated carbocycles. The molecule has 0 fully saturated rings. The van der Waals surface area contributed by atoms with Crippen LogP contribution in [-0.2, 0) is 10.0 Å². The van der Waals surface area contributed by atoms with Gasteiger partial charge in [0.05, 0.1) is 12.4 Å². The van der Waals surface area contributed by atoms with Crippen LogP contribution in [-0.4, -0.2) is 38.6 Å². The highest BCUT2D eigenvalue weighted by molar-refractivity contribution is 7.92. The Morgan fingerprint density at radius 2 is 1.82 bits per heavy atom. The fraction of sp³-hybridized carbons (Fsp3) is 0.235. The van der Waals surface area contributed by atoms with Gasteiger partial charge in [0.2, 0.25) is 10.0 Å². The molecule has 28 heavy (non-hydrogen) atoms. The SMILES string of the molecule is CS(=O)(=O)Nc1cccc(C(=O)NC[C@@H](O)c2ccc(OC(F)(F)F)cc2)c1. The number of halogens is 3. The number of sulfonamides is 1. The van der Waals surface area contributed by atoms with Gasteiger partial charge in [-0.15, -0.1) is 13.2 Å². The Balaban J connectivity index is 1.96. The van der Waals surface area contributed by atoms with E-state index in [2.05, 4.69) is 14.8 Å². The molecule has 0 saturated heterocycles. The van der Waals surface area contributed by atoms with E-state index in [4.69, 9.17) is 0 Å². The van der Waals surface area contributed by atoms with Crippen LogP contribution in [0.4, 0.5) is 18.9 Å². The Morgan fingerprint density at radius 1 is 1.18 bits per heavy atom. The average Bonchev–Trinajstić information content (AvgIpc) is 2.57. The third kappa shape index (κ3) is 7.08. The van der Waals surface area contributed by atoms with E-state index in [0.717, 1.165) is 18.4 Å². The van der Waals surface area contributed by atoms with Crippen LogP contribution in [0, 0.1) is 0 Å². The smallest absolute Gasteiger partial charge is 0.406 e. The molecule has 2 aromatic carbocycles. The average molecular weight is 418 g/mol. The van der Waals surface area contributed by atoms with Gasteiger partial charge < -0.3 is 15.2 Å². The van der Waals surface area contributed by atoms with Crippen molar-refractivity contribution in [1.29, 1.82) is 0 Å². The summed E-state index contributed by atoms with van der Waals surface area (Å²) in [5, 5.41) is 12.5. The summed E-state index contributed by atoms with van der Waals surface area (Å²) in [5.74, 6) is -0.990. The summed E-state index contributed by atoms with van der Waals surface area (Å²) < 4.78 is 64.9. The molecule has 1 atom stereocenters. The lowest BCUT2D eigenvalue weighted by atomic mass is 10.1. The fourth-order valence-corrected chi connectivity index (χ4v) is 2.79. The first-order valence-electron chi connectivity index (χ1n) is 7.83. The number of carbonyl (C=O) groups excluding carboxylic acids is 1. The van der Waals surface area contributed by atoms with Crippen molar-refractivity contribution in [2.24, 2.45) is 0 Å². The highest BCUT2D eigenvalue weighted by Crippen LogP contribution is 2.24. The second-order valence-electron chi connectivity index (χ2n) is 5.80. The van der Waals surface area contributed by atoms with Crippen LogP contribution in [0.3, 0.4) is 0 Å². The van der Waals surface area contributed by atoms with Crippen LogP contribution in [0.5, 0.6) is 5.75 Å². The summed E-state index contributed by atoms with van der Waals surface area (Å²) in [6, 6.07) is 10.3. The lowest BCUT2D eigenvalue weighted by molar-refractivity contribution is -0.274. The van der Waals surface area contributed by atoms with Gasteiger partial charge in [0, 0.05) is 17.8 Å². The van der Waals surface area contributed by atoms with Gasteiger partial charge >= 0.3 is 6.36 Å². The Labute approximate surface area is 159 Å². The third-order valence-corrected chi connectivity index (χ3v) is 3.99. The highest BCUT2D eigenvalue weighted by Gasteiger charge is 2.31. The van der Waals surface area contributed by atoms with E-state index < -0.39 is 34.1 Å². The molecule has 7 nitrogen and oxygen atoms in total. The van der Waals surface area contributed by atoms with Gasteiger partial charge in [-0.05, 0) is 35.9 Å². The maximum atomic E-state index is 12.2. The van der Waals surface area contributed by atoms with Gasteiger partial charge in [-0.2, -0.15) is 0 Å². The number of nitrogens with one attached hydrogen (secondary N) is 2. The Hall–Kier alpha value is -2.79. The number of amides is 1. The van der Waals surface area contributed by atoms with Gasteiger partial charge in [0.1, 0.15) is 5.75 Å². The monoisotopic (exact) mass is 418 g/mol. The number of benzene rings is 2. The summed E-state index contributed by atoms with van der Waals surface area (Å²) in [6.07, 6.45) is -5.00. The molecule has 1 amide bonds. The van der Waals surface area contributed by atoms with Crippen LogP contribution in [0.25, 0.3) is 0 Å². The quantitative estimate of drug-likeness (QED) is 0.641. The number of alkyl halides is 3. The minimum atomic E-state index is -4.81. The predicted molar refractivity (Wildman–Crippen MR) is 95.3 cm³/mol. The van der Waals surface area contributed by atoms with Gasteiger partial charge in [0.15, 0.2) is 0 Å². The van der Waals surface area contributed by atoms with E-state index >= 15 is 0 Å². The van der Waals surface area contributed by atoms with E-state index in [9.17, 15) is 31.5 Å². The summed E-state index contributed by atoms with van der Waals surface area (Å²) in [6.45, 7) is -0.206. The Morgan fingerprint density at radius 3 is 2.39 bits per heavy atom. The minimum absolute atomic E-state index is 0.162. The maximum absolute atomic E-state index is 12.2. The second kappa shape index (κ2) is 8.48. The first-order chi connectivity index (χ1) is 12.9. The lowest BCUT2D eigenvalue weighted by Crippen LogP contribution is -2.28. The van der Waals surface area contributed by atoms with Crippen LogP contribution >= 0.6 is 0 Å². The van der Waals surface area contributed by atoms with Gasteiger partial charge in [-0.25, -0.2) is 8.42 Å². The molecule has 0 aliphatic carbocycles. The zero-order valence-corrected chi connectivity index (χ0v) is 15.3. The summed E-state index contributed by atoms with van der Waals surface area (Å²) in [7, 11) is -3.50. The van der Waals surface area contributed by atoms with Crippen molar-refractivity contribution in [3.05, 3.63) is 59.7 Å². The number of anilines is 1. The van der Waals surface area contributed by atoms with E-state index in [0.29, 0.717) is 0 Å². The molecule has 0 radical (unpaired) electrons. The molecule has 0 heterocycles. The van der Waals surface area contributed by atoms with Crippen molar-refractivity contribution in [2.45, 2.75) is 12.5 Å². The predicted octanol–water partition coefficient (Wildman–Crippen LogP) is 2.42. The number of hydrogen-bond donors (Lipinski definition) is 3. The number of rotatable bonds is 7. The molecule has 0 aliphatic heterocycles. The standard InChI is InChI=1S/C17H17F3N2O5S/c1-28(25,26)22-13-4-2-3-12(9-13)16(24)21-10-15(23)11-5-7-14(8-6-11)27-17(18,19)20/h2-9,15,22-23H,10H2,1H3,(H,21,24)/t15-/m1/s1. The molecule has 0 aliphatic rings. The van der Waals surface area contributed by atoms with Gasteiger partial charge in [-0.1, -0.05) is 18.2 Å². The molecule has 0 unspecified atom stereocenters. The van der Waals surface area contributed by atoms with Crippen molar-refractivity contribution in [3.63, 3.8) is 0 Å². The molecular weight excluding hydrogens is 401 g/mol. The molecule has 0 bridgehead atoms. The Bertz CT molecular complexity index is 931. The zero-order valence-electron chi connectivity index (χ0n) is 14.5. The molecule has 152 valence electrons. The molecule has 2 aromatic rings. The third-order valence-electron chi connectivity index (χ3n) is 3.38. The number of aliphatic hydroxyl groups is 1. The van der Waals surface area contributed by atoms with E-state index in [1.165, 1.54) is 36.4 Å². The summed E-state index contributed by atoms with van der Waals surface area (Å²) in [5.41, 5.74) is 0.646. The topological polar surface area (TPSA) is 105 Å². The Kier molecular flexibility index (Phi) is 6.52. The number of aliphatic hydroxyl groups excluding tert-OH is 1. The van der Waals surface area contributed by atoms with Crippen LogP contribution in [0.15, 0.2) is 48.5 Å². The maximum Gasteiger partial charge on any atom is 0.573 e. The zero-order chi connectivity index (χ0) is 20.9.